The van der Waals surface area contributed by atoms with E-state index in [-0.39, 0.29) is 23.6 Å². The smallest absolute Gasteiger partial charge is 0.243 e. The predicted molar refractivity (Wildman–Crippen MR) is 151 cm³/mol. The van der Waals surface area contributed by atoms with E-state index in [1.807, 2.05) is 80.6 Å². The van der Waals surface area contributed by atoms with E-state index in [4.69, 9.17) is 23.2 Å². The Bertz CT molecular complexity index is 1130. The van der Waals surface area contributed by atoms with Crippen LogP contribution in [0.25, 0.3) is 0 Å². The average Bonchev–Trinajstić information content (AvgIpc) is 2.88. The van der Waals surface area contributed by atoms with Crippen molar-refractivity contribution in [2.45, 2.75) is 51.1 Å². The summed E-state index contributed by atoms with van der Waals surface area (Å²) in [6.07, 6.45) is 1.24. The van der Waals surface area contributed by atoms with Crippen LogP contribution in [0, 0.1) is 0 Å². The summed E-state index contributed by atoms with van der Waals surface area (Å²) in [5, 5.41) is 4.40. The van der Waals surface area contributed by atoms with Gasteiger partial charge in [-0.2, -0.15) is 0 Å². The highest BCUT2D eigenvalue weighted by molar-refractivity contribution is 7.99. The lowest BCUT2D eigenvalue weighted by molar-refractivity contribution is -0.139. The largest absolute Gasteiger partial charge is 0.352 e. The number of thioether (sulfide) groups is 1. The Morgan fingerprint density at radius 2 is 1.58 bits per heavy atom. The third kappa shape index (κ3) is 8.58. The number of carbonyl (C=O) groups excluding carboxylic acids is 2. The van der Waals surface area contributed by atoms with Crippen LogP contribution in [-0.2, 0) is 28.3 Å². The van der Waals surface area contributed by atoms with Gasteiger partial charge in [0.15, 0.2) is 0 Å². The molecule has 0 aliphatic carbocycles. The Hall–Kier alpha value is -2.47. The fraction of sp³-hybridized carbons (Fsp3) is 0.310. The third-order valence-corrected chi connectivity index (χ3v) is 7.57. The van der Waals surface area contributed by atoms with Gasteiger partial charge in [-0.15, -0.1) is 11.8 Å². The molecule has 36 heavy (non-hydrogen) atoms. The maximum absolute atomic E-state index is 13.6. The summed E-state index contributed by atoms with van der Waals surface area (Å²) in [6, 6.07) is 24.2. The van der Waals surface area contributed by atoms with Crippen molar-refractivity contribution < 1.29 is 9.59 Å². The Kier molecular flexibility index (Phi) is 11.2. The molecule has 0 aliphatic rings. The second-order valence-electron chi connectivity index (χ2n) is 8.76. The Morgan fingerprint density at radius 3 is 2.25 bits per heavy atom. The zero-order valence-corrected chi connectivity index (χ0v) is 23.0. The van der Waals surface area contributed by atoms with Crippen molar-refractivity contribution in [1.82, 2.24) is 10.2 Å². The molecule has 0 saturated carbocycles. The molecule has 0 fully saturated rings. The number of benzene rings is 3. The summed E-state index contributed by atoms with van der Waals surface area (Å²) in [4.78, 5) is 28.8. The van der Waals surface area contributed by atoms with E-state index in [9.17, 15) is 9.59 Å². The normalized spacial score (nSPS) is 12.6. The molecule has 3 rings (SSSR count). The van der Waals surface area contributed by atoms with Crippen molar-refractivity contribution in [2.24, 2.45) is 0 Å². The molecule has 2 amide bonds. The van der Waals surface area contributed by atoms with Gasteiger partial charge < -0.3 is 10.2 Å². The van der Waals surface area contributed by atoms with Gasteiger partial charge in [0.05, 0.1) is 5.75 Å². The van der Waals surface area contributed by atoms with Crippen LogP contribution in [0.2, 0.25) is 10.0 Å². The summed E-state index contributed by atoms with van der Waals surface area (Å²) in [7, 11) is 0. The van der Waals surface area contributed by atoms with Crippen molar-refractivity contribution in [1.29, 1.82) is 0 Å². The van der Waals surface area contributed by atoms with Crippen molar-refractivity contribution in [2.75, 3.05) is 5.75 Å². The van der Waals surface area contributed by atoms with Crippen LogP contribution >= 0.6 is 35.0 Å². The summed E-state index contributed by atoms with van der Waals surface area (Å²) in [5.74, 6) is 0.609. The van der Waals surface area contributed by atoms with E-state index < -0.39 is 6.04 Å². The molecule has 3 aromatic carbocycles. The first kappa shape index (κ1) is 28.1. The van der Waals surface area contributed by atoms with Gasteiger partial charge in [0, 0.05) is 34.8 Å². The number of carbonyl (C=O) groups is 2. The zero-order valence-electron chi connectivity index (χ0n) is 20.6. The highest BCUT2D eigenvalue weighted by Gasteiger charge is 2.30. The first-order valence-corrected chi connectivity index (χ1v) is 14.0. The second kappa shape index (κ2) is 14.3. The number of hydrogen-bond acceptors (Lipinski definition) is 3. The molecule has 0 saturated heterocycles. The molecule has 7 heteroatoms. The van der Waals surface area contributed by atoms with Crippen molar-refractivity contribution >= 4 is 46.8 Å². The van der Waals surface area contributed by atoms with Gasteiger partial charge in [-0.1, -0.05) is 90.8 Å². The van der Waals surface area contributed by atoms with Gasteiger partial charge in [-0.3, -0.25) is 9.59 Å². The van der Waals surface area contributed by atoms with Crippen molar-refractivity contribution in [3.63, 3.8) is 0 Å². The minimum Gasteiger partial charge on any atom is -0.352 e. The summed E-state index contributed by atoms with van der Waals surface area (Å²) in [5.41, 5.74) is 2.90. The summed E-state index contributed by atoms with van der Waals surface area (Å²) in [6.45, 7) is 4.31. The number of amides is 2. The van der Waals surface area contributed by atoms with Crippen LogP contribution in [0.3, 0.4) is 0 Å². The first-order valence-electron chi connectivity index (χ1n) is 12.1. The van der Waals surface area contributed by atoms with Crippen molar-refractivity contribution in [3.05, 3.63) is 106 Å². The molecule has 0 bridgehead atoms. The molecule has 0 spiro atoms. The van der Waals surface area contributed by atoms with E-state index in [2.05, 4.69) is 5.32 Å². The Labute approximate surface area is 228 Å². The monoisotopic (exact) mass is 542 g/mol. The average molecular weight is 544 g/mol. The molecule has 3 aromatic rings. The molecule has 0 unspecified atom stereocenters. The zero-order chi connectivity index (χ0) is 25.9. The minimum atomic E-state index is -0.648. The lowest BCUT2D eigenvalue weighted by Gasteiger charge is -2.32. The van der Waals surface area contributed by atoms with Crippen LogP contribution in [-0.4, -0.2) is 34.6 Å². The van der Waals surface area contributed by atoms with Crippen LogP contribution in [0.15, 0.2) is 78.9 Å². The number of nitrogens with one attached hydrogen (secondary N) is 1. The predicted octanol–water partition coefficient (Wildman–Crippen LogP) is 6.78. The van der Waals surface area contributed by atoms with E-state index in [0.717, 1.165) is 23.1 Å². The third-order valence-electron chi connectivity index (χ3n) is 5.98. The lowest BCUT2D eigenvalue weighted by atomic mass is 10.0. The van der Waals surface area contributed by atoms with E-state index >= 15 is 0 Å². The molecular formula is C29H32Cl2N2O2S. The fourth-order valence-corrected chi connectivity index (χ4v) is 5.05. The molecule has 1 N–H and O–H groups in total. The quantitative estimate of drug-likeness (QED) is 0.274. The second-order valence-corrected chi connectivity index (χ2v) is 10.6. The SMILES string of the molecule is CC[C@H](C)NC(=O)[C@@H](Cc1ccccc1)N(Cc1ccc(Cl)cc1)C(=O)CSCc1ccccc1Cl. The van der Waals surface area contributed by atoms with Gasteiger partial charge in [0.1, 0.15) is 6.04 Å². The molecule has 0 radical (unpaired) electrons. The first-order chi connectivity index (χ1) is 17.4. The summed E-state index contributed by atoms with van der Waals surface area (Å²) < 4.78 is 0. The maximum Gasteiger partial charge on any atom is 0.243 e. The maximum atomic E-state index is 13.6. The molecule has 2 atom stereocenters. The molecule has 190 valence electrons. The van der Waals surface area contributed by atoms with Crippen LogP contribution in [0.4, 0.5) is 0 Å². The van der Waals surface area contributed by atoms with Crippen molar-refractivity contribution in [3.8, 4) is 0 Å². The van der Waals surface area contributed by atoms with Gasteiger partial charge in [-0.25, -0.2) is 0 Å². The number of hydrogen-bond donors (Lipinski definition) is 1. The number of halogens is 2. The molecule has 0 aliphatic heterocycles. The van der Waals surface area contributed by atoms with E-state index in [1.165, 1.54) is 11.8 Å². The standard InChI is InChI=1S/C29H32Cl2N2O2S/c1-3-21(2)32-29(35)27(17-22-9-5-4-6-10-22)33(18-23-13-15-25(30)16-14-23)28(34)20-36-19-24-11-7-8-12-26(24)31/h4-16,21,27H,3,17-20H2,1-2H3,(H,32,35)/t21-,27+/m0/s1. The highest BCUT2D eigenvalue weighted by Crippen LogP contribution is 2.23. The Balaban J connectivity index is 1.85. The van der Waals surface area contributed by atoms with Crippen LogP contribution in [0.5, 0.6) is 0 Å². The molecular weight excluding hydrogens is 511 g/mol. The highest BCUT2D eigenvalue weighted by atomic mass is 35.5. The summed E-state index contributed by atoms with van der Waals surface area (Å²) >= 11 is 13.9. The molecule has 0 aromatic heterocycles. The van der Waals surface area contributed by atoms with Gasteiger partial charge in [-0.05, 0) is 48.2 Å². The van der Waals surface area contributed by atoms with Crippen LogP contribution < -0.4 is 5.32 Å². The molecule has 4 nitrogen and oxygen atoms in total. The number of nitrogens with zero attached hydrogens (tertiary/aromatic N) is 1. The van der Waals surface area contributed by atoms with E-state index in [1.54, 1.807) is 17.0 Å². The number of rotatable bonds is 12. The van der Waals surface area contributed by atoms with Gasteiger partial charge in [0.25, 0.3) is 0 Å². The molecule has 0 heterocycles. The van der Waals surface area contributed by atoms with E-state index in [0.29, 0.717) is 28.8 Å². The van der Waals surface area contributed by atoms with Gasteiger partial charge >= 0.3 is 0 Å². The Morgan fingerprint density at radius 1 is 0.917 bits per heavy atom. The topological polar surface area (TPSA) is 49.4 Å². The minimum absolute atomic E-state index is 0.0119. The lowest BCUT2D eigenvalue weighted by Crippen LogP contribution is -2.52. The fourth-order valence-electron chi connectivity index (χ4n) is 3.73. The van der Waals surface area contributed by atoms with Gasteiger partial charge in [0.2, 0.25) is 11.8 Å². The van der Waals surface area contributed by atoms with Crippen LogP contribution in [0.1, 0.15) is 37.0 Å².